The normalized spacial score (nSPS) is 23.7. The van der Waals surface area contributed by atoms with Crippen molar-refractivity contribution in [2.24, 2.45) is 11.8 Å². The van der Waals surface area contributed by atoms with E-state index < -0.39 is 11.7 Å². The van der Waals surface area contributed by atoms with Crippen LogP contribution in [0.15, 0.2) is 30.5 Å². The first kappa shape index (κ1) is 29.5. The fraction of sp³-hybridized carbons (Fsp3) is 0.600. The van der Waals surface area contributed by atoms with Gasteiger partial charge in [-0.1, -0.05) is 0 Å². The fourth-order valence-corrected chi connectivity index (χ4v) is 7.54. The maximum Gasteiger partial charge on any atom is 0.416 e. The molecule has 10 nitrogen and oxygen atoms in total. The van der Waals surface area contributed by atoms with Crippen molar-refractivity contribution in [2.45, 2.75) is 57.8 Å². The molecule has 6 rings (SSSR count). The summed E-state index contributed by atoms with van der Waals surface area (Å²) in [6.45, 7) is 7.82. The summed E-state index contributed by atoms with van der Waals surface area (Å²) in [7, 11) is 0. The third kappa shape index (κ3) is 5.96. The second-order valence-electron chi connectivity index (χ2n) is 12.6. The molecule has 3 amide bonds. The van der Waals surface area contributed by atoms with Crippen LogP contribution < -0.4 is 10.2 Å². The Morgan fingerprint density at radius 2 is 1.65 bits per heavy atom. The van der Waals surface area contributed by atoms with Crippen molar-refractivity contribution in [3.8, 4) is 0 Å². The summed E-state index contributed by atoms with van der Waals surface area (Å²) in [4.78, 5) is 44.1. The number of nitrogens with one attached hydrogen (secondary N) is 1. The lowest BCUT2D eigenvalue weighted by atomic mass is 9.84. The number of benzene rings is 1. The monoisotopic (exact) mass is 601 g/mol. The van der Waals surface area contributed by atoms with Crippen LogP contribution in [-0.2, 0) is 22.3 Å². The predicted molar refractivity (Wildman–Crippen MR) is 153 cm³/mol. The lowest BCUT2D eigenvalue weighted by Gasteiger charge is -2.45. The minimum absolute atomic E-state index is 0.0505. The molecule has 4 fully saturated rings. The van der Waals surface area contributed by atoms with E-state index in [1.807, 2.05) is 11.0 Å². The van der Waals surface area contributed by atoms with Gasteiger partial charge in [-0.25, -0.2) is 4.79 Å². The molecule has 4 aliphatic rings. The molecule has 13 heteroatoms. The molecule has 4 saturated heterocycles. The molecule has 0 radical (unpaired) electrons. The summed E-state index contributed by atoms with van der Waals surface area (Å²) in [5.74, 6) is 0.642. The Morgan fingerprint density at radius 3 is 2.28 bits per heavy atom. The molecule has 1 spiro atoms. The molecule has 1 aromatic heterocycles. The van der Waals surface area contributed by atoms with Gasteiger partial charge in [-0.05, 0) is 56.0 Å². The lowest BCUT2D eigenvalue weighted by Crippen LogP contribution is -2.53. The third-order valence-corrected chi connectivity index (χ3v) is 9.77. The molecule has 2 atom stereocenters. The summed E-state index contributed by atoms with van der Waals surface area (Å²) < 4.78 is 43.4. The van der Waals surface area contributed by atoms with Crippen LogP contribution in [0.3, 0.4) is 0 Å². The van der Waals surface area contributed by atoms with Gasteiger partial charge in [0.25, 0.3) is 0 Å². The minimum Gasteiger partial charge on any atom is -0.371 e. The average molecular weight is 602 g/mol. The number of hydrogen-bond acceptors (Lipinski definition) is 6. The van der Waals surface area contributed by atoms with Crippen LogP contribution in [0.25, 0.3) is 0 Å². The van der Waals surface area contributed by atoms with Gasteiger partial charge in [-0.3, -0.25) is 14.5 Å². The van der Waals surface area contributed by atoms with Crippen molar-refractivity contribution in [1.29, 1.82) is 0 Å². The zero-order valence-electron chi connectivity index (χ0n) is 24.6. The van der Waals surface area contributed by atoms with E-state index in [0.717, 1.165) is 32.2 Å². The first-order valence-electron chi connectivity index (χ1n) is 15.0. The molecule has 0 saturated carbocycles. The summed E-state index contributed by atoms with van der Waals surface area (Å²) in [6.07, 6.45) is 0.433. The number of carbonyl (C=O) groups is 3. The van der Waals surface area contributed by atoms with Gasteiger partial charge in [0.1, 0.15) is 0 Å². The van der Waals surface area contributed by atoms with E-state index in [4.69, 9.17) is 0 Å². The Hall–Kier alpha value is -3.61. The minimum atomic E-state index is -4.45. The number of likely N-dealkylation sites (tertiary alicyclic amines) is 3. The Labute approximate surface area is 248 Å². The fourth-order valence-electron chi connectivity index (χ4n) is 7.54. The van der Waals surface area contributed by atoms with Gasteiger partial charge in [0.2, 0.25) is 11.8 Å². The maximum absolute atomic E-state index is 14.0. The highest BCUT2D eigenvalue weighted by atomic mass is 19.4. The smallest absolute Gasteiger partial charge is 0.371 e. The van der Waals surface area contributed by atoms with E-state index in [1.54, 1.807) is 17.9 Å². The number of aromatic nitrogens is 2. The van der Waals surface area contributed by atoms with Gasteiger partial charge >= 0.3 is 12.2 Å². The van der Waals surface area contributed by atoms with Crippen molar-refractivity contribution in [3.63, 3.8) is 0 Å². The predicted octanol–water partition coefficient (Wildman–Crippen LogP) is 3.87. The SMILES string of the molecule is CC(=O)Nc1ccn(C(=O)N2CCC3(CCCN3Cc3cc(N4CC5CN(C(C)=O)CC5C4)cc(C(F)(F)F)c3)CC2)n1. The molecule has 1 N–H and O–H groups in total. The molecule has 232 valence electrons. The zero-order chi connectivity index (χ0) is 30.5. The molecule has 0 aliphatic carbocycles. The van der Waals surface area contributed by atoms with Gasteiger partial charge < -0.3 is 20.0 Å². The highest BCUT2D eigenvalue weighted by molar-refractivity contribution is 5.88. The van der Waals surface area contributed by atoms with Gasteiger partial charge in [-0.2, -0.15) is 17.9 Å². The van der Waals surface area contributed by atoms with E-state index in [9.17, 15) is 27.6 Å². The van der Waals surface area contributed by atoms with E-state index >= 15 is 0 Å². The number of hydrogen-bond donors (Lipinski definition) is 1. The van der Waals surface area contributed by atoms with Gasteiger partial charge in [0.05, 0.1) is 5.56 Å². The van der Waals surface area contributed by atoms with Crippen molar-refractivity contribution in [1.82, 2.24) is 24.5 Å². The van der Waals surface area contributed by atoms with E-state index in [-0.39, 0.29) is 35.2 Å². The first-order chi connectivity index (χ1) is 20.4. The molecule has 2 unspecified atom stereocenters. The van der Waals surface area contributed by atoms with Crippen LogP contribution in [0.1, 0.15) is 50.7 Å². The third-order valence-electron chi connectivity index (χ3n) is 9.77. The molecule has 5 heterocycles. The number of fused-ring (bicyclic) bond motifs is 1. The van der Waals surface area contributed by atoms with Gasteiger partial charge in [-0.15, -0.1) is 5.10 Å². The molecule has 0 bridgehead atoms. The van der Waals surface area contributed by atoms with Crippen LogP contribution >= 0.6 is 0 Å². The first-order valence-corrected chi connectivity index (χ1v) is 15.0. The van der Waals surface area contributed by atoms with Crippen molar-refractivity contribution in [3.05, 3.63) is 41.6 Å². The second kappa shape index (κ2) is 11.1. The number of carbonyl (C=O) groups excluding carboxylic acids is 3. The highest BCUT2D eigenvalue weighted by Crippen LogP contribution is 2.42. The quantitative estimate of drug-likeness (QED) is 0.572. The van der Waals surface area contributed by atoms with E-state index in [1.165, 1.54) is 29.9 Å². The van der Waals surface area contributed by atoms with Crippen molar-refractivity contribution >= 4 is 29.4 Å². The zero-order valence-corrected chi connectivity index (χ0v) is 24.6. The molecular weight excluding hydrogens is 563 g/mol. The number of halogens is 3. The van der Waals surface area contributed by atoms with Crippen LogP contribution in [0.4, 0.5) is 29.5 Å². The average Bonchev–Trinajstić information content (AvgIpc) is 3.72. The van der Waals surface area contributed by atoms with Gasteiger partial charge in [0.15, 0.2) is 5.82 Å². The number of amides is 3. The lowest BCUT2D eigenvalue weighted by molar-refractivity contribution is -0.137. The van der Waals surface area contributed by atoms with E-state index in [2.05, 4.69) is 20.2 Å². The van der Waals surface area contributed by atoms with Gasteiger partial charge in [0, 0.05) is 95.0 Å². The topological polar surface area (TPSA) is 94.0 Å². The molecule has 4 aliphatic heterocycles. The molecule has 1 aromatic carbocycles. The Morgan fingerprint density at radius 1 is 0.953 bits per heavy atom. The summed E-state index contributed by atoms with van der Waals surface area (Å²) in [6, 6.07) is 5.77. The summed E-state index contributed by atoms with van der Waals surface area (Å²) in [5.41, 5.74) is 0.445. The van der Waals surface area contributed by atoms with Crippen molar-refractivity contribution in [2.75, 3.05) is 56.0 Å². The van der Waals surface area contributed by atoms with Crippen LogP contribution in [0.5, 0.6) is 0 Å². The number of piperidine rings is 1. The van der Waals surface area contributed by atoms with Crippen molar-refractivity contribution < 1.29 is 27.6 Å². The molecule has 2 aromatic rings. The summed E-state index contributed by atoms with van der Waals surface area (Å²) in [5, 5.41) is 6.72. The Bertz CT molecular complexity index is 1390. The standard InChI is InChI=1S/C30H38F3N7O3/c1-20(41)34-27-4-9-40(35-27)28(43)36-10-6-29(7-11-36)5-3-8-39(29)15-22-12-25(30(31,32)33)14-26(13-22)38-18-23-16-37(21(2)42)17-24(23)19-38/h4,9,12-14,23-24H,3,5-8,10-11,15-19H2,1-2H3,(H,34,35,41). The van der Waals surface area contributed by atoms with Crippen LogP contribution in [0.2, 0.25) is 0 Å². The number of anilines is 2. The van der Waals surface area contributed by atoms with E-state index in [0.29, 0.717) is 62.9 Å². The molecular formula is C30H38F3N7O3. The number of alkyl halides is 3. The largest absolute Gasteiger partial charge is 0.416 e. The highest BCUT2D eigenvalue weighted by Gasteiger charge is 2.45. The summed E-state index contributed by atoms with van der Waals surface area (Å²) >= 11 is 0. The maximum atomic E-state index is 14.0. The number of rotatable bonds is 4. The number of nitrogens with zero attached hydrogens (tertiary/aromatic N) is 6. The Kier molecular flexibility index (Phi) is 7.64. The van der Waals surface area contributed by atoms with Crippen LogP contribution in [0, 0.1) is 11.8 Å². The molecule has 43 heavy (non-hydrogen) atoms. The second-order valence-corrected chi connectivity index (χ2v) is 12.6. The van der Waals surface area contributed by atoms with Crippen LogP contribution in [-0.4, -0.2) is 93.7 Å². The Balaban J connectivity index is 1.14.